The molecule has 0 heterocycles. The Hall–Kier alpha value is -9.55. The number of phenols is 15. The van der Waals surface area contributed by atoms with Crippen molar-refractivity contribution in [3.8, 4) is 86.2 Å². The normalized spacial score (nSPS) is 17.8. The average Bonchev–Trinajstić information content (AvgIpc) is 3.25. The van der Waals surface area contributed by atoms with Crippen LogP contribution in [0.15, 0.2) is 60.7 Å². The Kier molecular flexibility index (Phi) is 12.3. The van der Waals surface area contributed by atoms with Gasteiger partial charge in [0, 0.05) is 6.42 Å². The Morgan fingerprint density at radius 3 is 0.652 bits per heavy atom. The molecule has 0 amide bonds. The Balaban J connectivity index is 1.55. The highest BCUT2D eigenvalue weighted by Crippen LogP contribution is 2.42. The summed E-state index contributed by atoms with van der Waals surface area (Å²) in [5.74, 6) is -24.5. The summed E-state index contributed by atoms with van der Waals surface area (Å²) in [5, 5.41) is 151. The molecule has 15 N–H and O–H groups in total. The van der Waals surface area contributed by atoms with Crippen LogP contribution in [0.25, 0.3) is 0 Å². The van der Waals surface area contributed by atoms with Crippen LogP contribution in [-0.2, 0) is 23.7 Å². The fourth-order valence-corrected chi connectivity index (χ4v) is 6.35. The summed E-state index contributed by atoms with van der Waals surface area (Å²) in [5.41, 5.74) is -3.88. The van der Waals surface area contributed by atoms with Crippen molar-refractivity contribution in [1.82, 2.24) is 0 Å². The SMILES string of the molecule is O=C(OC1[C@@H](OC(=O)c2cc(O)c(O)c(O)c2)[C@H](OC(=O)c2cc(O)c(O)c(O)c2)C[C@H](OC(=O)c2cc(O)c(O)c(O)c2)[C@H]1OC(=O)c1cc(O)c(O)c(O)c1)c1cc(O)c(O)c(O)c1. The van der Waals surface area contributed by atoms with Crippen molar-refractivity contribution < 1.29 is 124 Å². The molecule has 0 aliphatic heterocycles. The Labute approximate surface area is 365 Å². The molecule has 0 spiro atoms. The maximum Gasteiger partial charge on any atom is 0.338 e. The number of esters is 5. The van der Waals surface area contributed by atoms with Crippen LogP contribution in [0, 0.1) is 0 Å². The summed E-state index contributed by atoms with van der Waals surface area (Å²) < 4.78 is 28.0. The van der Waals surface area contributed by atoms with Crippen LogP contribution in [-0.4, -0.2) is 137 Å². The van der Waals surface area contributed by atoms with E-state index in [4.69, 9.17) is 23.7 Å². The van der Waals surface area contributed by atoms with Crippen LogP contribution in [0.3, 0.4) is 0 Å². The van der Waals surface area contributed by atoms with Gasteiger partial charge in [-0.05, 0) is 60.7 Å². The minimum atomic E-state index is -2.53. The first-order valence-electron chi connectivity index (χ1n) is 18.2. The molecule has 1 aliphatic rings. The Morgan fingerprint density at radius 2 is 0.455 bits per heavy atom. The van der Waals surface area contributed by atoms with E-state index in [9.17, 15) is 101 Å². The maximum absolute atomic E-state index is 13.9. The van der Waals surface area contributed by atoms with Gasteiger partial charge < -0.3 is 100 Å². The molecule has 5 aromatic carbocycles. The summed E-state index contributed by atoms with van der Waals surface area (Å²) in [6.07, 6.45) is -12.8. The van der Waals surface area contributed by atoms with Crippen molar-refractivity contribution in [3.63, 3.8) is 0 Å². The van der Waals surface area contributed by atoms with Gasteiger partial charge in [0.15, 0.2) is 105 Å². The van der Waals surface area contributed by atoms with Gasteiger partial charge in [-0.1, -0.05) is 0 Å². The van der Waals surface area contributed by atoms with Crippen LogP contribution in [0.1, 0.15) is 58.2 Å². The fraction of sp³-hybridized carbons (Fsp3) is 0.146. The highest BCUT2D eigenvalue weighted by atomic mass is 16.6. The summed E-state index contributed by atoms with van der Waals surface area (Å²) in [6, 6.07) is 5.63. The largest absolute Gasteiger partial charge is 0.504 e. The topological polar surface area (TPSA) is 435 Å². The summed E-state index contributed by atoms with van der Waals surface area (Å²) in [6.45, 7) is 0. The number of rotatable bonds is 10. The molecule has 5 atom stereocenters. The van der Waals surface area contributed by atoms with E-state index in [1.54, 1.807) is 0 Å². The zero-order valence-electron chi connectivity index (χ0n) is 32.7. The van der Waals surface area contributed by atoms with Crippen molar-refractivity contribution in [3.05, 3.63) is 88.5 Å². The van der Waals surface area contributed by atoms with Gasteiger partial charge in [0.2, 0.25) is 0 Å². The molecule has 25 nitrogen and oxygen atoms in total. The first-order chi connectivity index (χ1) is 30.9. The zero-order valence-corrected chi connectivity index (χ0v) is 32.7. The Bertz CT molecular complexity index is 2550. The first kappa shape index (κ1) is 46.0. The van der Waals surface area contributed by atoms with E-state index in [-0.39, 0.29) is 0 Å². The van der Waals surface area contributed by atoms with Gasteiger partial charge in [-0.2, -0.15) is 0 Å². The number of carbonyl (C=O) groups excluding carboxylic acids is 5. The smallest absolute Gasteiger partial charge is 0.338 e. The molecule has 0 bridgehead atoms. The number of ether oxygens (including phenoxy) is 5. The van der Waals surface area contributed by atoms with Gasteiger partial charge in [-0.15, -0.1) is 0 Å². The van der Waals surface area contributed by atoms with Crippen molar-refractivity contribution in [2.75, 3.05) is 0 Å². The lowest BCUT2D eigenvalue weighted by molar-refractivity contribution is -0.182. The lowest BCUT2D eigenvalue weighted by atomic mass is 9.86. The molecular weight excluding hydrogens is 892 g/mol. The van der Waals surface area contributed by atoms with Gasteiger partial charge in [0.05, 0.1) is 27.8 Å². The van der Waals surface area contributed by atoms with Gasteiger partial charge in [-0.3, -0.25) is 0 Å². The van der Waals surface area contributed by atoms with Crippen molar-refractivity contribution in [2.24, 2.45) is 0 Å². The molecule has 346 valence electrons. The third kappa shape index (κ3) is 9.14. The Morgan fingerprint density at radius 1 is 0.288 bits per heavy atom. The number of aromatic hydroxyl groups is 15. The molecule has 0 saturated heterocycles. The highest BCUT2D eigenvalue weighted by molar-refractivity contribution is 5.95. The number of carbonyl (C=O) groups is 5. The minimum absolute atomic E-state index is 0.537. The maximum atomic E-state index is 13.9. The van der Waals surface area contributed by atoms with E-state index in [2.05, 4.69) is 0 Å². The van der Waals surface area contributed by atoms with E-state index < -0.39 is 181 Å². The van der Waals surface area contributed by atoms with Crippen LogP contribution in [0.2, 0.25) is 0 Å². The number of hydrogen-bond donors (Lipinski definition) is 15. The van der Waals surface area contributed by atoms with E-state index in [0.29, 0.717) is 60.7 Å². The van der Waals surface area contributed by atoms with Crippen molar-refractivity contribution >= 4 is 29.8 Å². The molecule has 66 heavy (non-hydrogen) atoms. The predicted molar refractivity (Wildman–Crippen MR) is 208 cm³/mol. The summed E-state index contributed by atoms with van der Waals surface area (Å²) in [7, 11) is 0. The molecule has 6 rings (SSSR count). The van der Waals surface area contributed by atoms with Crippen molar-refractivity contribution in [2.45, 2.75) is 36.9 Å². The van der Waals surface area contributed by atoms with Crippen LogP contribution in [0.4, 0.5) is 0 Å². The lowest BCUT2D eigenvalue weighted by Crippen LogP contribution is -2.62. The molecule has 25 heteroatoms. The lowest BCUT2D eigenvalue weighted by Gasteiger charge is -2.43. The van der Waals surface area contributed by atoms with Crippen LogP contribution >= 0.6 is 0 Å². The second kappa shape index (κ2) is 17.7. The monoisotopic (exact) mass is 924 g/mol. The van der Waals surface area contributed by atoms with E-state index in [1.165, 1.54) is 0 Å². The van der Waals surface area contributed by atoms with Crippen molar-refractivity contribution in [1.29, 1.82) is 0 Å². The van der Waals surface area contributed by atoms with Gasteiger partial charge in [0.1, 0.15) is 12.2 Å². The van der Waals surface area contributed by atoms with E-state index >= 15 is 0 Å². The van der Waals surface area contributed by atoms with Gasteiger partial charge in [0.25, 0.3) is 0 Å². The minimum Gasteiger partial charge on any atom is -0.504 e. The molecule has 0 aromatic heterocycles. The molecule has 1 aliphatic carbocycles. The third-order valence-electron chi connectivity index (χ3n) is 9.62. The highest BCUT2D eigenvalue weighted by Gasteiger charge is 2.55. The van der Waals surface area contributed by atoms with Gasteiger partial charge >= 0.3 is 29.8 Å². The zero-order chi connectivity index (χ0) is 48.6. The predicted octanol–water partition coefficient (Wildman–Crippen LogP) is 2.10. The van der Waals surface area contributed by atoms with Gasteiger partial charge in [-0.25, -0.2) is 24.0 Å². The molecule has 0 radical (unpaired) electrons. The summed E-state index contributed by atoms with van der Waals surface area (Å²) in [4.78, 5) is 69.1. The second-order valence-corrected chi connectivity index (χ2v) is 14.0. The molecule has 1 fully saturated rings. The van der Waals surface area contributed by atoms with E-state index in [0.717, 1.165) is 0 Å². The summed E-state index contributed by atoms with van der Waals surface area (Å²) >= 11 is 0. The average molecular weight is 925 g/mol. The first-order valence-corrected chi connectivity index (χ1v) is 18.2. The molecule has 1 saturated carbocycles. The second-order valence-electron chi connectivity index (χ2n) is 14.0. The standard InChI is InChI=1S/C41H32O25/c42-17-1-12(2-18(43)29(17)52)37(57)62-27-11-28(63-38(58)13-3-19(44)30(53)20(45)4-13)35(65-40(60)15-7-23(48)32(55)24(49)8-15)36(66-41(61)16-9-25(50)33(56)26(51)10-16)34(27)64-39(59)14-5-21(46)31(54)22(47)6-14/h1-10,27-28,34-36,42-56H,11H2/t27-,28+,34+,35-,36?. The van der Waals surface area contributed by atoms with Crippen LogP contribution in [0.5, 0.6) is 86.2 Å². The van der Waals surface area contributed by atoms with Crippen LogP contribution < -0.4 is 0 Å². The molecular formula is C41H32O25. The molecule has 1 unspecified atom stereocenters. The number of hydrogen-bond acceptors (Lipinski definition) is 25. The quantitative estimate of drug-likeness (QED) is 0.0541. The molecule has 5 aromatic rings. The third-order valence-corrected chi connectivity index (χ3v) is 9.62. The fourth-order valence-electron chi connectivity index (χ4n) is 6.35. The number of benzene rings is 5. The van der Waals surface area contributed by atoms with E-state index in [1.807, 2.05) is 0 Å². The number of phenolic OH excluding ortho intramolecular Hbond substituents is 15.